The Morgan fingerprint density at radius 2 is 1.85 bits per heavy atom. The SMILES string of the molecule is CCOC(=O)c1c(CN2CCN(C)CC2)n(-c2ccccc2)c2ccc3c(c12)CC(C)(N)CO3. The average molecular weight is 463 g/mol. The van der Waals surface area contributed by atoms with Crippen molar-refractivity contribution >= 4 is 16.9 Å². The number of piperazine rings is 1. The Morgan fingerprint density at radius 3 is 2.56 bits per heavy atom. The fourth-order valence-corrected chi connectivity index (χ4v) is 5.15. The molecule has 2 aromatic carbocycles. The van der Waals surface area contributed by atoms with Gasteiger partial charge in [0.1, 0.15) is 12.4 Å². The van der Waals surface area contributed by atoms with E-state index < -0.39 is 5.54 Å². The molecule has 2 aliphatic heterocycles. The number of fused-ring (bicyclic) bond motifs is 3. The van der Waals surface area contributed by atoms with Crippen molar-refractivity contribution < 1.29 is 14.3 Å². The Morgan fingerprint density at radius 1 is 1.12 bits per heavy atom. The number of hydrogen-bond donors (Lipinski definition) is 1. The molecule has 1 saturated heterocycles. The normalized spacial score (nSPS) is 21.3. The second-order valence-corrected chi connectivity index (χ2v) is 9.85. The van der Waals surface area contributed by atoms with Crippen LogP contribution in [0.5, 0.6) is 5.75 Å². The maximum absolute atomic E-state index is 13.5. The fourth-order valence-electron chi connectivity index (χ4n) is 5.15. The number of esters is 1. The molecule has 0 radical (unpaired) electrons. The standard InChI is InChI=1S/C27H34N4O3/c1-4-33-26(32)25-22(17-30-14-12-29(3)13-15-30)31(19-8-6-5-7-9-19)21-10-11-23-20(24(21)25)16-27(2,28)18-34-23/h5-11H,4,12-18,28H2,1-3H3. The summed E-state index contributed by atoms with van der Waals surface area (Å²) in [7, 11) is 2.15. The Balaban J connectivity index is 1.77. The highest BCUT2D eigenvalue weighted by molar-refractivity contribution is 6.08. The van der Waals surface area contributed by atoms with Crippen molar-refractivity contribution in [3.63, 3.8) is 0 Å². The van der Waals surface area contributed by atoms with E-state index in [9.17, 15) is 4.79 Å². The maximum Gasteiger partial charge on any atom is 0.340 e. The summed E-state index contributed by atoms with van der Waals surface area (Å²) in [6.07, 6.45) is 0.638. The lowest BCUT2D eigenvalue weighted by atomic mass is 9.88. The van der Waals surface area contributed by atoms with Crippen molar-refractivity contribution in [1.29, 1.82) is 0 Å². The summed E-state index contributed by atoms with van der Waals surface area (Å²) in [6, 6.07) is 14.3. The van der Waals surface area contributed by atoms with Crippen molar-refractivity contribution in [1.82, 2.24) is 14.4 Å². The molecule has 180 valence electrons. The third-order valence-corrected chi connectivity index (χ3v) is 6.90. The van der Waals surface area contributed by atoms with Crippen LogP contribution in [-0.4, -0.2) is 72.3 Å². The molecule has 1 atom stereocenters. The van der Waals surface area contributed by atoms with Gasteiger partial charge in [-0.2, -0.15) is 0 Å². The molecule has 5 rings (SSSR count). The number of ether oxygens (including phenoxy) is 2. The van der Waals surface area contributed by atoms with Crippen LogP contribution >= 0.6 is 0 Å². The predicted octanol–water partition coefficient (Wildman–Crippen LogP) is 3.21. The van der Waals surface area contributed by atoms with Gasteiger partial charge in [0.25, 0.3) is 0 Å². The van der Waals surface area contributed by atoms with E-state index in [0.29, 0.717) is 31.7 Å². The van der Waals surface area contributed by atoms with Crippen LogP contribution in [0.15, 0.2) is 42.5 Å². The lowest BCUT2D eigenvalue weighted by Crippen LogP contribution is -2.47. The molecular formula is C27H34N4O3. The molecule has 0 spiro atoms. The van der Waals surface area contributed by atoms with Gasteiger partial charge >= 0.3 is 5.97 Å². The van der Waals surface area contributed by atoms with Crippen LogP contribution in [0.1, 0.15) is 35.5 Å². The van der Waals surface area contributed by atoms with Gasteiger partial charge in [-0.25, -0.2) is 4.79 Å². The van der Waals surface area contributed by atoms with Crippen molar-refractivity contribution in [3.8, 4) is 11.4 Å². The Bertz CT molecular complexity index is 1190. The van der Waals surface area contributed by atoms with Gasteiger partial charge in [0.2, 0.25) is 0 Å². The summed E-state index contributed by atoms with van der Waals surface area (Å²) in [5.41, 5.74) is 10.6. The van der Waals surface area contributed by atoms with Gasteiger partial charge < -0.3 is 24.7 Å². The summed E-state index contributed by atoms with van der Waals surface area (Å²) < 4.78 is 13.9. The molecule has 3 heterocycles. The first-order chi connectivity index (χ1) is 16.4. The third-order valence-electron chi connectivity index (χ3n) is 6.90. The van der Waals surface area contributed by atoms with E-state index >= 15 is 0 Å². The molecule has 3 aromatic rings. The third kappa shape index (κ3) is 4.19. The van der Waals surface area contributed by atoms with E-state index in [2.05, 4.69) is 39.6 Å². The van der Waals surface area contributed by atoms with E-state index in [1.807, 2.05) is 38.1 Å². The predicted molar refractivity (Wildman–Crippen MR) is 134 cm³/mol. The van der Waals surface area contributed by atoms with E-state index in [1.54, 1.807) is 0 Å². The molecule has 1 fully saturated rings. The monoisotopic (exact) mass is 462 g/mol. The molecule has 0 amide bonds. The number of nitrogens with zero attached hydrogens (tertiary/aromatic N) is 3. The minimum atomic E-state index is -0.500. The molecule has 7 heteroatoms. The highest BCUT2D eigenvalue weighted by Crippen LogP contribution is 2.40. The zero-order chi connectivity index (χ0) is 23.9. The summed E-state index contributed by atoms with van der Waals surface area (Å²) in [6.45, 7) is 9.22. The Labute approximate surface area is 201 Å². The van der Waals surface area contributed by atoms with Crippen LogP contribution in [0.4, 0.5) is 0 Å². The van der Waals surface area contributed by atoms with Crippen LogP contribution in [-0.2, 0) is 17.7 Å². The second kappa shape index (κ2) is 9.06. The molecule has 0 saturated carbocycles. The molecule has 0 bridgehead atoms. The van der Waals surface area contributed by atoms with E-state index in [-0.39, 0.29) is 5.97 Å². The maximum atomic E-state index is 13.5. The molecule has 2 N–H and O–H groups in total. The van der Waals surface area contributed by atoms with Gasteiger partial charge in [0.05, 0.1) is 28.9 Å². The van der Waals surface area contributed by atoms with E-state index in [4.69, 9.17) is 15.2 Å². The van der Waals surface area contributed by atoms with Crippen LogP contribution in [0.2, 0.25) is 0 Å². The number of likely N-dealkylation sites (N-methyl/N-ethyl adjacent to an activating group) is 1. The highest BCUT2D eigenvalue weighted by Gasteiger charge is 2.34. The zero-order valence-corrected chi connectivity index (χ0v) is 20.3. The molecule has 2 aliphatic rings. The number of hydrogen-bond acceptors (Lipinski definition) is 6. The molecule has 1 unspecified atom stereocenters. The zero-order valence-electron chi connectivity index (χ0n) is 20.3. The van der Waals surface area contributed by atoms with Crippen molar-refractivity contribution in [3.05, 3.63) is 59.3 Å². The van der Waals surface area contributed by atoms with Gasteiger partial charge in [-0.15, -0.1) is 0 Å². The molecule has 1 aromatic heterocycles. The fraction of sp³-hybridized carbons (Fsp3) is 0.444. The molecule has 7 nitrogen and oxygen atoms in total. The quantitative estimate of drug-likeness (QED) is 0.587. The Hall–Kier alpha value is -2.87. The molecule has 34 heavy (non-hydrogen) atoms. The number of carbonyl (C=O) groups excluding carboxylic acids is 1. The first-order valence-corrected chi connectivity index (χ1v) is 12.1. The van der Waals surface area contributed by atoms with E-state index in [1.165, 1.54) is 0 Å². The summed E-state index contributed by atoms with van der Waals surface area (Å²) in [4.78, 5) is 18.3. The number of carbonyl (C=O) groups is 1. The number of benzene rings is 2. The van der Waals surface area contributed by atoms with Crippen LogP contribution in [0.25, 0.3) is 16.6 Å². The largest absolute Gasteiger partial charge is 0.491 e. The van der Waals surface area contributed by atoms with Gasteiger partial charge in [-0.3, -0.25) is 4.90 Å². The van der Waals surface area contributed by atoms with Crippen LogP contribution in [0, 0.1) is 0 Å². The minimum absolute atomic E-state index is 0.288. The van der Waals surface area contributed by atoms with Crippen molar-refractivity contribution in [2.45, 2.75) is 32.4 Å². The lowest BCUT2D eigenvalue weighted by Gasteiger charge is -2.32. The smallest absolute Gasteiger partial charge is 0.340 e. The molecule has 0 aliphatic carbocycles. The number of nitrogens with two attached hydrogens (primary N) is 1. The lowest BCUT2D eigenvalue weighted by molar-refractivity contribution is 0.0525. The number of rotatable bonds is 5. The van der Waals surface area contributed by atoms with E-state index in [0.717, 1.165) is 59.8 Å². The topological polar surface area (TPSA) is 73.0 Å². The second-order valence-electron chi connectivity index (χ2n) is 9.85. The van der Waals surface area contributed by atoms with Gasteiger partial charge in [0, 0.05) is 49.4 Å². The number of para-hydroxylation sites is 1. The first-order valence-electron chi connectivity index (χ1n) is 12.1. The van der Waals surface area contributed by atoms with Crippen LogP contribution in [0.3, 0.4) is 0 Å². The summed E-state index contributed by atoms with van der Waals surface area (Å²) in [5, 5.41) is 0.903. The van der Waals surface area contributed by atoms with Crippen molar-refractivity contribution in [2.75, 3.05) is 46.4 Å². The first kappa shape index (κ1) is 22.9. The average Bonchev–Trinajstić information content (AvgIpc) is 3.15. The minimum Gasteiger partial charge on any atom is -0.491 e. The van der Waals surface area contributed by atoms with Crippen LogP contribution < -0.4 is 10.5 Å². The van der Waals surface area contributed by atoms with Gasteiger partial charge in [-0.05, 0) is 51.6 Å². The van der Waals surface area contributed by atoms with Gasteiger partial charge in [-0.1, -0.05) is 18.2 Å². The summed E-state index contributed by atoms with van der Waals surface area (Å²) >= 11 is 0. The molecular weight excluding hydrogens is 428 g/mol. The van der Waals surface area contributed by atoms with Crippen molar-refractivity contribution in [2.24, 2.45) is 5.73 Å². The highest BCUT2D eigenvalue weighted by atomic mass is 16.5. The van der Waals surface area contributed by atoms with Gasteiger partial charge in [0.15, 0.2) is 0 Å². The Kier molecular flexibility index (Phi) is 6.10. The number of aromatic nitrogens is 1. The summed E-state index contributed by atoms with van der Waals surface area (Å²) in [5.74, 6) is 0.515.